The van der Waals surface area contributed by atoms with Gasteiger partial charge < -0.3 is 9.09 Å². The first-order valence-electron chi connectivity index (χ1n) is 11.2. The van der Waals surface area contributed by atoms with E-state index in [0.29, 0.717) is 11.7 Å². The van der Waals surface area contributed by atoms with Gasteiger partial charge in [-0.2, -0.15) is 18.2 Å². The average molecular weight is 458 g/mol. The van der Waals surface area contributed by atoms with Crippen LogP contribution in [0.5, 0.6) is 0 Å². The van der Waals surface area contributed by atoms with Gasteiger partial charge in [0.15, 0.2) is 11.6 Å². The highest BCUT2D eigenvalue weighted by atomic mass is 19.4. The summed E-state index contributed by atoms with van der Waals surface area (Å²) in [7, 11) is 1.77. The summed E-state index contributed by atoms with van der Waals surface area (Å²) < 4.78 is 48.1. The molecule has 2 heterocycles. The van der Waals surface area contributed by atoms with E-state index < -0.39 is 11.7 Å². The van der Waals surface area contributed by atoms with Crippen LogP contribution in [0, 0.1) is 0 Å². The van der Waals surface area contributed by atoms with Crippen molar-refractivity contribution in [1.82, 2.24) is 24.9 Å². The molecule has 3 aliphatic rings. The van der Waals surface area contributed by atoms with Crippen LogP contribution in [0.1, 0.15) is 75.5 Å². The molecule has 0 amide bonds. The van der Waals surface area contributed by atoms with Crippen LogP contribution in [0.25, 0.3) is 17.0 Å². The number of nitrogens with zero attached hydrogens (tertiary/aromatic N) is 5. The minimum atomic E-state index is -4.45. The lowest BCUT2D eigenvalue weighted by atomic mass is 9.53. The fraction of sp³-hybridized carbons (Fsp3) is 0.500. The number of alkyl halides is 3. The number of aromatic nitrogens is 5. The fourth-order valence-electron chi connectivity index (χ4n) is 5.52. The Balaban J connectivity index is 1.44. The molecule has 0 atom stereocenters. The van der Waals surface area contributed by atoms with Crippen molar-refractivity contribution in [1.29, 1.82) is 0 Å². The Morgan fingerprint density at radius 2 is 1.67 bits per heavy atom. The minimum Gasteiger partial charge on any atom is -0.338 e. The smallest absolute Gasteiger partial charge is 0.338 e. The molecular formula is C24H26F3N5O. The minimum absolute atomic E-state index is 0.0568. The summed E-state index contributed by atoms with van der Waals surface area (Å²) >= 11 is 0. The Labute approximate surface area is 189 Å². The number of halogens is 3. The summed E-state index contributed by atoms with van der Waals surface area (Å²) in [4.78, 5) is 4.68. The molecule has 1 aromatic carbocycles. The first-order chi connectivity index (χ1) is 15.7. The van der Waals surface area contributed by atoms with Gasteiger partial charge >= 0.3 is 6.18 Å². The van der Waals surface area contributed by atoms with Crippen molar-refractivity contribution >= 4 is 5.57 Å². The monoisotopic (exact) mass is 457 g/mol. The molecule has 9 heteroatoms. The number of rotatable bonds is 4. The molecule has 3 fully saturated rings. The molecule has 6 nitrogen and oxygen atoms in total. The molecule has 174 valence electrons. The molecule has 6 rings (SSSR count). The SMILES string of the molecule is C/C=C(\C)c1noc(C23CCC(c4nnc(-c5ccccc5C(F)(F)F)n4C)(CC2)CC3)n1. The maximum Gasteiger partial charge on any atom is 0.417 e. The van der Waals surface area contributed by atoms with Crippen LogP contribution >= 0.6 is 0 Å². The van der Waals surface area contributed by atoms with Gasteiger partial charge in [-0.1, -0.05) is 29.4 Å². The highest BCUT2D eigenvalue weighted by Gasteiger charge is 2.54. The zero-order chi connectivity index (χ0) is 23.4. The van der Waals surface area contributed by atoms with Crippen LogP contribution in [0.15, 0.2) is 34.9 Å². The Morgan fingerprint density at radius 1 is 1.03 bits per heavy atom. The van der Waals surface area contributed by atoms with Crippen LogP contribution < -0.4 is 0 Å². The normalized spacial score (nSPS) is 25.6. The number of allylic oxidation sites excluding steroid dienone is 2. The van der Waals surface area contributed by atoms with Crippen LogP contribution in [-0.2, 0) is 24.1 Å². The summed E-state index contributed by atoms with van der Waals surface area (Å²) in [5.74, 6) is 2.34. The van der Waals surface area contributed by atoms with Gasteiger partial charge in [0.05, 0.1) is 5.56 Å². The first-order valence-corrected chi connectivity index (χ1v) is 11.2. The average Bonchev–Trinajstić information content (AvgIpc) is 3.47. The van der Waals surface area contributed by atoms with Crippen LogP contribution in [0.3, 0.4) is 0 Å². The van der Waals surface area contributed by atoms with Crippen LogP contribution in [-0.4, -0.2) is 24.9 Å². The predicted octanol–water partition coefficient (Wildman–Crippen LogP) is 5.85. The molecule has 0 saturated heterocycles. The summed E-state index contributed by atoms with van der Waals surface area (Å²) in [5, 5.41) is 12.8. The van der Waals surface area contributed by atoms with Crippen LogP contribution in [0.2, 0.25) is 0 Å². The van der Waals surface area contributed by atoms with E-state index in [4.69, 9.17) is 4.52 Å². The van der Waals surface area contributed by atoms with Gasteiger partial charge in [-0.05, 0) is 64.0 Å². The molecule has 0 spiro atoms. The summed E-state index contributed by atoms with van der Waals surface area (Å²) in [6.07, 6.45) is 2.73. The third-order valence-corrected chi connectivity index (χ3v) is 7.73. The Bertz CT molecular complexity index is 1200. The molecule has 0 radical (unpaired) electrons. The third-order valence-electron chi connectivity index (χ3n) is 7.73. The maximum absolute atomic E-state index is 13.6. The number of hydrogen-bond acceptors (Lipinski definition) is 5. The van der Waals surface area contributed by atoms with Crippen LogP contribution in [0.4, 0.5) is 13.2 Å². The van der Waals surface area contributed by atoms with Gasteiger partial charge in [0.1, 0.15) is 5.82 Å². The van der Waals surface area contributed by atoms with Crippen molar-refractivity contribution in [2.45, 2.75) is 69.4 Å². The lowest BCUT2D eigenvalue weighted by Crippen LogP contribution is -2.47. The number of hydrogen-bond donors (Lipinski definition) is 0. The molecule has 3 aliphatic carbocycles. The van der Waals surface area contributed by atoms with Crippen molar-refractivity contribution in [3.05, 3.63) is 53.4 Å². The van der Waals surface area contributed by atoms with Crippen molar-refractivity contribution < 1.29 is 17.7 Å². The van der Waals surface area contributed by atoms with E-state index in [1.165, 1.54) is 12.1 Å². The van der Waals surface area contributed by atoms with E-state index in [-0.39, 0.29) is 22.2 Å². The van der Waals surface area contributed by atoms with Gasteiger partial charge in [-0.15, -0.1) is 10.2 Å². The van der Waals surface area contributed by atoms with Gasteiger partial charge in [-0.3, -0.25) is 0 Å². The molecule has 0 unspecified atom stereocenters. The van der Waals surface area contributed by atoms with Gasteiger partial charge in [-0.25, -0.2) is 0 Å². The quantitative estimate of drug-likeness (QED) is 0.492. The Morgan fingerprint density at radius 3 is 2.30 bits per heavy atom. The number of benzene rings is 1. The Kier molecular flexibility index (Phi) is 4.99. The third kappa shape index (κ3) is 3.40. The lowest BCUT2D eigenvalue weighted by Gasteiger charge is -2.51. The topological polar surface area (TPSA) is 69.6 Å². The van der Waals surface area contributed by atoms with Gasteiger partial charge in [0.25, 0.3) is 0 Å². The molecule has 3 aromatic rings. The van der Waals surface area contributed by atoms with E-state index in [2.05, 4.69) is 20.3 Å². The fourth-order valence-corrected chi connectivity index (χ4v) is 5.52. The predicted molar refractivity (Wildman–Crippen MR) is 116 cm³/mol. The molecule has 0 N–H and O–H groups in total. The molecule has 2 aromatic heterocycles. The Hall–Kier alpha value is -2.97. The summed E-state index contributed by atoms with van der Waals surface area (Å²) in [5.41, 5.74) is 0.0106. The van der Waals surface area contributed by atoms with Crippen molar-refractivity contribution in [2.24, 2.45) is 7.05 Å². The standard InChI is InChI=1S/C24H26F3N5O/c1-4-15(2)18-28-21(33-31-18)23-12-9-22(10-13-23,11-14-23)20-30-29-19(32(20)3)16-7-5-6-8-17(16)24(25,26)27/h4-8H,9-14H2,1-3H3/b15-4+. The molecule has 33 heavy (non-hydrogen) atoms. The summed E-state index contributed by atoms with van der Waals surface area (Å²) in [6.45, 7) is 3.91. The highest BCUT2D eigenvalue weighted by molar-refractivity contribution is 5.61. The maximum atomic E-state index is 13.6. The van der Waals surface area contributed by atoms with Crippen molar-refractivity contribution in [3.63, 3.8) is 0 Å². The second kappa shape index (κ2) is 7.53. The molecule has 3 saturated carbocycles. The molecular weight excluding hydrogens is 431 g/mol. The molecule has 2 bridgehead atoms. The zero-order valence-corrected chi connectivity index (χ0v) is 18.9. The van der Waals surface area contributed by atoms with E-state index in [0.717, 1.165) is 56.0 Å². The second-order valence-electron chi connectivity index (χ2n) is 9.41. The number of fused-ring (bicyclic) bond motifs is 3. The van der Waals surface area contributed by atoms with E-state index >= 15 is 0 Å². The van der Waals surface area contributed by atoms with E-state index in [1.54, 1.807) is 17.7 Å². The zero-order valence-electron chi connectivity index (χ0n) is 18.9. The summed E-state index contributed by atoms with van der Waals surface area (Å²) in [6, 6.07) is 5.54. The van der Waals surface area contributed by atoms with Crippen molar-refractivity contribution in [2.75, 3.05) is 0 Å². The first kappa shape index (κ1) is 21.9. The van der Waals surface area contributed by atoms with E-state index in [9.17, 15) is 13.2 Å². The largest absolute Gasteiger partial charge is 0.417 e. The molecule has 0 aliphatic heterocycles. The lowest BCUT2D eigenvalue weighted by molar-refractivity contribution is -0.137. The van der Waals surface area contributed by atoms with Crippen molar-refractivity contribution in [3.8, 4) is 11.4 Å². The van der Waals surface area contributed by atoms with Gasteiger partial charge in [0.2, 0.25) is 5.89 Å². The van der Waals surface area contributed by atoms with Gasteiger partial charge in [0, 0.05) is 23.4 Å². The van der Waals surface area contributed by atoms with E-state index in [1.807, 2.05) is 19.9 Å². The highest BCUT2D eigenvalue weighted by Crippen LogP contribution is 2.58. The second-order valence-corrected chi connectivity index (χ2v) is 9.41.